The molecule has 0 atom stereocenters. The molecular formula is C9H14O4. The van der Waals surface area contributed by atoms with E-state index in [9.17, 15) is 9.90 Å². The average molecular weight is 186 g/mol. The molecule has 0 radical (unpaired) electrons. The van der Waals surface area contributed by atoms with E-state index in [-0.39, 0.29) is 18.3 Å². The van der Waals surface area contributed by atoms with E-state index in [2.05, 4.69) is 4.74 Å². The van der Waals surface area contributed by atoms with Gasteiger partial charge in [0, 0.05) is 13.5 Å². The fourth-order valence-electron chi connectivity index (χ4n) is 1.28. The molecule has 0 heterocycles. The molecule has 0 fully saturated rings. The van der Waals surface area contributed by atoms with Crippen LogP contribution in [0.3, 0.4) is 0 Å². The molecule has 0 aromatic carbocycles. The Morgan fingerprint density at radius 1 is 1.46 bits per heavy atom. The monoisotopic (exact) mass is 186 g/mol. The Labute approximate surface area is 77.1 Å². The third kappa shape index (κ3) is 2.82. The number of allylic oxidation sites excluding steroid dienone is 1. The molecule has 4 heteroatoms. The molecule has 0 aliphatic heterocycles. The van der Waals surface area contributed by atoms with Crippen LogP contribution in [-0.2, 0) is 14.3 Å². The van der Waals surface area contributed by atoms with Gasteiger partial charge < -0.3 is 14.6 Å². The summed E-state index contributed by atoms with van der Waals surface area (Å²) in [5.74, 6) is -0.206. The van der Waals surface area contributed by atoms with Gasteiger partial charge in [0.25, 0.3) is 0 Å². The number of rotatable bonds is 5. The van der Waals surface area contributed by atoms with Gasteiger partial charge in [0.05, 0.1) is 6.61 Å². The van der Waals surface area contributed by atoms with Gasteiger partial charge in [0.1, 0.15) is 6.79 Å². The number of aliphatic hydroxyl groups is 1. The fraction of sp³-hybridized carbons (Fsp3) is 0.667. The minimum Gasteiger partial charge on any atom is -0.504 e. The van der Waals surface area contributed by atoms with Gasteiger partial charge >= 0.3 is 0 Å². The minimum absolute atomic E-state index is 0.0546. The van der Waals surface area contributed by atoms with Crippen LogP contribution in [0, 0.1) is 0 Å². The average Bonchev–Trinajstić information content (AvgIpc) is 2.43. The second-order valence-electron chi connectivity index (χ2n) is 2.94. The van der Waals surface area contributed by atoms with E-state index in [1.807, 2.05) is 0 Å². The van der Waals surface area contributed by atoms with Gasteiger partial charge in [-0.3, -0.25) is 4.79 Å². The van der Waals surface area contributed by atoms with Crippen LogP contribution in [0.25, 0.3) is 0 Å². The highest BCUT2D eigenvalue weighted by Crippen LogP contribution is 2.23. The Hall–Kier alpha value is -0.870. The summed E-state index contributed by atoms with van der Waals surface area (Å²) in [7, 11) is 1.55. The first kappa shape index (κ1) is 10.2. The van der Waals surface area contributed by atoms with Crippen molar-refractivity contribution in [2.45, 2.75) is 19.3 Å². The van der Waals surface area contributed by atoms with Gasteiger partial charge in [0.2, 0.25) is 0 Å². The zero-order valence-corrected chi connectivity index (χ0v) is 7.71. The van der Waals surface area contributed by atoms with Crippen molar-refractivity contribution in [2.75, 3.05) is 20.5 Å². The Morgan fingerprint density at radius 3 is 2.77 bits per heavy atom. The smallest absolute Gasteiger partial charge is 0.197 e. The highest BCUT2D eigenvalue weighted by Gasteiger charge is 2.21. The maximum Gasteiger partial charge on any atom is 0.197 e. The third-order valence-electron chi connectivity index (χ3n) is 2.00. The lowest BCUT2D eigenvalue weighted by Crippen LogP contribution is -2.00. The number of aliphatic hydroxyl groups excluding tert-OH is 1. The lowest BCUT2D eigenvalue weighted by Gasteiger charge is -2.03. The van der Waals surface area contributed by atoms with Crippen LogP contribution in [-0.4, -0.2) is 31.4 Å². The number of carbonyl (C=O) groups is 1. The Kier molecular flexibility index (Phi) is 3.92. The molecule has 0 bridgehead atoms. The predicted octanol–water partition coefficient (Wildman–Crippen LogP) is 1.17. The number of ketones is 1. The molecule has 0 saturated heterocycles. The molecule has 4 nitrogen and oxygen atoms in total. The minimum atomic E-state index is -0.151. The number of Topliss-reactive ketones (excluding diaryl/α,β-unsaturated/α-hetero) is 1. The first-order valence-corrected chi connectivity index (χ1v) is 4.26. The van der Waals surface area contributed by atoms with E-state index in [0.29, 0.717) is 25.9 Å². The van der Waals surface area contributed by atoms with E-state index >= 15 is 0 Å². The van der Waals surface area contributed by atoms with Crippen LogP contribution in [0.2, 0.25) is 0 Å². The van der Waals surface area contributed by atoms with Gasteiger partial charge in [-0.1, -0.05) is 0 Å². The topological polar surface area (TPSA) is 55.8 Å². The Morgan fingerprint density at radius 2 is 2.23 bits per heavy atom. The summed E-state index contributed by atoms with van der Waals surface area (Å²) in [4.78, 5) is 10.9. The molecule has 0 saturated carbocycles. The predicted molar refractivity (Wildman–Crippen MR) is 46.3 cm³/mol. The van der Waals surface area contributed by atoms with Gasteiger partial charge in [-0.15, -0.1) is 0 Å². The summed E-state index contributed by atoms with van der Waals surface area (Å²) >= 11 is 0. The number of hydrogen-bond donors (Lipinski definition) is 1. The maximum absolute atomic E-state index is 10.9. The number of carbonyl (C=O) groups excluding carboxylic acids is 1. The van der Waals surface area contributed by atoms with Crippen molar-refractivity contribution >= 4 is 5.78 Å². The van der Waals surface area contributed by atoms with Crippen molar-refractivity contribution in [3.05, 3.63) is 11.3 Å². The van der Waals surface area contributed by atoms with Crippen molar-refractivity contribution in [1.82, 2.24) is 0 Å². The number of ether oxygens (including phenoxy) is 2. The van der Waals surface area contributed by atoms with Crippen LogP contribution >= 0.6 is 0 Å². The summed E-state index contributed by atoms with van der Waals surface area (Å²) < 4.78 is 9.74. The summed E-state index contributed by atoms with van der Waals surface area (Å²) in [6.45, 7) is 0.739. The highest BCUT2D eigenvalue weighted by molar-refractivity contribution is 5.96. The molecule has 0 amide bonds. The lowest BCUT2D eigenvalue weighted by molar-refractivity contribution is -0.117. The number of hydrogen-bond acceptors (Lipinski definition) is 4. The molecular weight excluding hydrogens is 172 g/mol. The first-order valence-electron chi connectivity index (χ1n) is 4.26. The molecule has 0 unspecified atom stereocenters. The molecule has 1 aliphatic carbocycles. The summed E-state index contributed by atoms with van der Waals surface area (Å²) in [5, 5.41) is 9.26. The fourth-order valence-corrected chi connectivity index (χ4v) is 1.28. The molecule has 1 aliphatic rings. The van der Waals surface area contributed by atoms with E-state index in [1.165, 1.54) is 0 Å². The third-order valence-corrected chi connectivity index (χ3v) is 2.00. The van der Waals surface area contributed by atoms with E-state index < -0.39 is 0 Å². The van der Waals surface area contributed by atoms with E-state index in [1.54, 1.807) is 7.11 Å². The molecule has 74 valence electrons. The van der Waals surface area contributed by atoms with E-state index in [4.69, 9.17) is 4.74 Å². The maximum atomic E-state index is 10.9. The Balaban J connectivity index is 2.25. The van der Waals surface area contributed by atoms with Gasteiger partial charge in [-0.25, -0.2) is 0 Å². The normalized spacial score (nSPS) is 17.2. The quantitative estimate of drug-likeness (QED) is 0.517. The second kappa shape index (κ2) is 4.99. The largest absolute Gasteiger partial charge is 0.504 e. The van der Waals surface area contributed by atoms with Crippen molar-refractivity contribution < 1.29 is 19.4 Å². The first-order chi connectivity index (χ1) is 6.25. The van der Waals surface area contributed by atoms with Crippen LogP contribution < -0.4 is 0 Å². The SMILES string of the molecule is COCOCCC1=C(O)C(=O)CC1. The van der Waals surface area contributed by atoms with Gasteiger partial charge in [0.15, 0.2) is 11.5 Å². The van der Waals surface area contributed by atoms with Gasteiger partial charge in [-0.2, -0.15) is 0 Å². The highest BCUT2D eigenvalue weighted by atomic mass is 16.7. The van der Waals surface area contributed by atoms with Crippen molar-refractivity contribution in [1.29, 1.82) is 0 Å². The number of methoxy groups -OCH3 is 1. The summed E-state index contributed by atoms with van der Waals surface area (Å²) in [6, 6.07) is 0. The van der Waals surface area contributed by atoms with Crippen molar-refractivity contribution in [3.8, 4) is 0 Å². The molecule has 0 aromatic rings. The molecule has 1 rings (SSSR count). The van der Waals surface area contributed by atoms with E-state index in [0.717, 1.165) is 5.57 Å². The van der Waals surface area contributed by atoms with Crippen molar-refractivity contribution in [3.63, 3.8) is 0 Å². The van der Waals surface area contributed by atoms with Crippen LogP contribution in [0.5, 0.6) is 0 Å². The standard InChI is InChI=1S/C9H14O4/c1-12-6-13-5-4-7-2-3-8(10)9(7)11/h11H,2-6H2,1H3. The molecule has 0 spiro atoms. The molecule has 13 heavy (non-hydrogen) atoms. The zero-order chi connectivity index (χ0) is 9.68. The summed E-state index contributed by atoms with van der Waals surface area (Å²) in [5.41, 5.74) is 0.807. The molecule has 1 N–H and O–H groups in total. The van der Waals surface area contributed by atoms with Crippen LogP contribution in [0.15, 0.2) is 11.3 Å². The molecule has 0 aromatic heterocycles. The van der Waals surface area contributed by atoms with Gasteiger partial charge in [-0.05, 0) is 18.4 Å². The summed E-state index contributed by atoms with van der Waals surface area (Å²) in [6.07, 6.45) is 1.72. The van der Waals surface area contributed by atoms with Crippen molar-refractivity contribution in [2.24, 2.45) is 0 Å². The Bertz CT molecular complexity index is 220. The lowest BCUT2D eigenvalue weighted by atomic mass is 10.2. The van der Waals surface area contributed by atoms with Crippen LogP contribution in [0.4, 0.5) is 0 Å². The van der Waals surface area contributed by atoms with Crippen LogP contribution in [0.1, 0.15) is 19.3 Å². The zero-order valence-electron chi connectivity index (χ0n) is 7.71. The second-order valence-corrected chi connectivity index (χ2v) is 2.94.